The highest BCUT2D eigenvalue weighted by Gasteiger charge is 2.34. The van der Waals surface area contributed by atoms with E-state index in [4.69, 9.17) is 0 Å². The summed E-state index contributed by atoms with van der Waals surface area (Å²) >= 11 is 1.58. The van der Waals surface area contributed by atoms with Crippen molar-refractivity contribution in [2.24, 2.45) is 0 Å². The normalized spacial score (nSPS) is 22.9. The molecule has 0 aliphatic carbocycles. The highest BCUT2D eigenvalue weighted by Crippen LogP contribution is 2.35. The van der Waals surface area contributed by atoms with Crippen molar-refractivity contribution in [2.45, 2.75) is 32.0 Å². The number of rotatable bonds is 3. The van der Waals surface area contributed by atoms with Crippen LogP contribution in [-0.2, 0) is 6.54 Å². The Morgan fingerprint density at radius 1 is 1.43 bits per heavy atom. The summed E-state index contributed by atoms with van der Waals surface area (Å²) < 4.78 is 27.4. The topological polar surface area (TPSA) is 36.4 Å². The van der Waals surface area contributed by atoms with Crippen LogP contribution in [0.15, 0.2) is 24.4 Å². The Bertz CT molecular complexity index is 646. The van der Waals surface area contributed by atoms with E-state index in [1.54, 1.807) is 17.5 Å². The molecule has 0 bridgehead atoms. The zero-order chi connectivity index (χ0) is 15.0. The summed E-state index contributed by atoms with van der Waals surface area (Å²) in [5, 5.41) is 10.9. The number of hydrogen-bond acceptors (Lipinski definition) is 4. The second-order valence-corrected chi connectivity index (χ2v) is 6.67. The van der Waals surface area contributed by atoms with Crippen LogP contribution in [0.25, 0.3) is 0 Å². The van der Waals surface area contributed by atoms with E-state index in [2.05, 4.69) is 4.98 Å². The van der Waals surface area contributed by atoms with Crippen molar-refractivity contribution in [3.05, 3.63) is 51.5 Å². The van der Waals surface area contributed by atoms with E-state index < -0.39 is 17.7 Å². The van der Waals surface area contributed by atoms with Gasteiger partial charge >= 0.3 is 0 Å². The van der Waals surface area contributed by atoms with Gasteiger partial charge in [0.15, 0.2) is 0 Å². The Morgan fingerprint density at radius 2 is 2.24 bits per heavy atom. The van der Waals surface area contributed by atoms with Crippen LogP contribution in [0.3, 0.4) is 0 Å². The third kappa shape index (κ3) is 3.12. The van der Waals surface area contributed by atoms with Gasteiger partial charge in [0.2, 0.25) is 0 Å². The van der Waals surface area contributed by atoms with E-state index in [9.17, 15) is 13.9 Å². The van der Waals surface area contributed by atoms with Crippen molar-refractivity contribution >= 4 is 11.3 Å². The molecule has 2 atom stereocenters. The summed E-state index contributed by atoms with van der Waals surface area (Å²) in [5.74, 6) is -0.887. The first-order valence-electron chi connectivity index (χ1n) is 6.81. The SMILES string of the molecule is Cc1ncc(CN2CC(O)CC2c2cc(F)ccc2F)s1. The maximum absolute atomic E-state index is 14.0. The Morgan fingerprint density at radius 3 is 2.95 bits per heavy atom. The number of aromatic nitrogens is 1. The number of β-amino-alcohol motifs (C(OH)–C–C–N with tert-alkyl or cyclic N) is 1. The maximum Gasteiger partial charge on any atom is 0.128 e. The molecular formula is C15H16F2N2OS. The first-order chi connectivity index (χ1) is 10.0. The van der Waals surface area contributed by atoms with E-state index in [1.807, 2.05) is 11.8 Å². The van der Waals surface area contributed by atoms with Crippen molar-refractivity contribution in [1.29, 1.82) is 0 Å². The molecule has 2 heterocycles. The van der Waals surface area contributed by atoms with Crippen molar-refractivity contribution in [1.82, 2.24) is 9.88 Å². The lowest BCUT2D eigenvalue weighted by Crippen LogP contribution is -2.24. The molecule has 0 amide bonds. The molecule has 1 aromatic carbocycles. The van der Waals surface area contributed by atoms with Gasteiger partial charge in [0.05, 0.1) is 11.1 Å². The van der Waals surface area contributed by atoms with Crippen LogP contribution < -0.4 is 0 Å². The van der Waals surface area contributed by atoms with Gasteiger partial charge in [-0.3, -0.25) is 4.90 Å². The van der Waals surface area contributed by atoms with Gasteiger partial charge in [0.25, 0.3) is 0 Å². The number of aliphatic hydroxyl groups is 1. The molecule has 1 N–H and O–H groups in total. The molecule has 112 valence electrons. The average Bonchev–Trinajstić information content (AvgIpc) is 2.99. The highest BCUT2D eigenvalue weighted by atomic mass is 32.1. The third-order valence-electron chi connectivity index (χ3n) is 3.73. The van der Waals surface area contributed by atoms with Gasteiger partial charge in [-0.05, 0) is 31.5 Å². The largest absolute Gasteiger partial charge is 0.392 e. The smallest absolute Gasteiger partial charge is 0.128 e. The second-order valence-electron chi connectivity index (χ2n) is 5.35. The average molecular weight is 310 g/mol. The quantitative estimate of drug-likeness (QED) is 0.946. The molecule has 3 rings (SSSR count). The highest BCUT2D eigenvalue weighted by molar-refractivity contribution is 7.11. The number of halogens is 2. The summed E-state index contributed by atoms with van der Waals surface area (Å²) in [7, 11) is 0. The maximum atomic E-state index is 14.0. The number of thiazole rings is 1. The van der Waals surface area contributed by atoms with E-state index in [0.717, 1.165) is 22.0 Å². The van der Waals surface area contributed by atoms with Gasteiger partial charge in [-0.25, -0.2) is 13.8 Å². The zero-order valence-corrected chi connectivity index (χ0v) is 12.4. The monoisotopic (exact) mass is 310 g/mol. The van der Waals surface area contributed by atoms with Crippen LogP contribution in [0.1, 0.15) is 27.9 Å². The fourth-order valence-electron chi connectivity index (χ4n) is 2.83. The van der Waals surface area contributed by atoms with Crippen molar-refractivity contribution in [3.8, 4) is 0 Å². The predicted molar refractivity (Wildman–Crippen MR) is 77.0 cm³/mol. The number of hydrogen-bond donors (Lipinski definition) is 1. The molecule has 1 aliphatic heterocycles. The number of likely N-dealkylation sites (tertiary alicyclic amines) is 1. The van der Waals surface area contributed by atoms with Gasteiger partial charge in [0.1, 0.15) is 11.6 Å². The summed E-state index contributed by atoms with van der Waals surface area (Å²) in [6, 6.07) is 3.17. The van der Waals surface area contributed by atoms with Crippen LogP contribution >= 0.6 is 11.3 Å². The van der Waals surface area contributed by atoms with Crippen LogP contribution in [0.5, 0.6) is 0 Å². The molecule has 3 nitrogen and oxygen atoms in total. The molecule has 0 saturated carbocycles. The number of benzene rings is 1. The van der Waals surface area contributed by atoms with E-state index >= 15 is 0 Å². The molecule has 2 aromatic rings. The molecule has 1 aliphatic rings. The second kappa shape index (κ2) is 5.79. The van der Waals surface area contributed by atoms with Gasteiger partial charge in [-0.15, -0.1) is 11.3 Å². The number of aryl methyl sites for hydroxylation is 1. The van der Waals surface area contributed by atoms with Crippen molar-refractivity contribution in [2.75, 3.05) is 6.54 Å². The summed E-state index contributed by atoms with van der Waals surface area (Å²) in [5.41, 5.74) is 0.313. The Hall–Kier alpha value is -1.37. The van der Waals surface area contributed by atoms with Crippen LogP contribution in [-0.4, -0.2) is 27.6 Å². The minimum atomic E-state index is -0.522. The molecule has 1 aromatic heterocycles. The molecule has 0 radical (unpaired) electrons. The minimum Gasteiger partial charge on any atom is -0.392 e. The Balaban J connectivity index is 1.86. The standard InChI is InChI=1S/C15H16F2N2OS/c1-9-18-6-12(21-9)8-19-7-11(20)5-15(19)13-4-10(16)2-3-14(13)17/h2-4,6,11,15,20H,5,7-8H2,1H3. The number of aliphatic hydroxyl groups excluding tert-OH is 1. The summed E-state index contributed by atoms with van der Waals surface area (Å²) in [6.07, 6.45) is 1.69. The third-order valence-corrected chi connectivity index (χ3v) is 4.62. The van der Waals surface area contributed by atoms with Gasteiger partial charge in [0, 0.05) is 35.8 Å². The first-order valence-corrected chi connectivity index (χ1v) is 7.63. The first kappa shape index (κ1) is 14.6. The molecule has 1 saturated heterocycles. The molecule has 6 heteroatoms. The predicted octanol–water partition coefficient (Wildman–Crippen LogP) is 3.04. The fourth-order valence-corrected chi connectivity index (χ4v) is 3.65. The molecule has 2 unspecified atom stereocenters. The molecular weight excluding hydrogens is 294 g/mol. The van der Waals surface area contributed by atoms with Crippen LogP contribution in [0.2, 0.25) is 0 Å². The van der Waals surface area contributed by atoms with E-state index in [-0.39, 0.29) is 6.04 Å². The minimum absolute atomic E-state index is 0.307. The molecule has 1 fully saturated rings. The summed E-state index contributed by atoms with van der Waals surface area (Å²) in [4.78, 5) is 7.24. The van der Waals surface area contributed by atoms with Gasteiger partial charge in [-0.1, -0.05) is 0 Å². The van der Waals surface area contributed by atoms with Crippen LogP contribution in [0.4, 0.5) is 8.78 Å². The summed E-state index contributed by atoms with van der Waals surface area (Å²) in [6.45, 7) is 2.97. The fraction of sp³-hybridized carbons (Fsp3) is 0.400. The zero-order valence-electron chi connectivity index (χ0n) is 11.6. The number of nitrogens with zero attached hydrogens (tertiary/aromatic N) is 2. The molecule has 0 spiro atoms. The van der Waals surface area contributed by atoms with E-state index in [0.29, 0.717) is 25.1 Å². The van der Waals surface area contributed by atoms with Gasteiger partial charge in [-0.2, -0.15) is 0 Å². The lowest BCUT2D eigenvalue weighted by atomic mass is 10.0. The van der Waals surface area contributed by atoms with Crippen molar-refractivity contribution < 1.29 is 13.9 Å². The Kier molecular flexibility index (Phi) is 4.01. The lowest BCUT2D eigenvalue weighted by Gasteiger charge is -2.24. The Labute approximate surface area is 125 Å². The molecule has 21 heavy (non-hydrogen) atoms. The van der Waals surface area contributed by atoms with E-state index in [1.165, 1.54) is 6.07 Å². The van der Waals surface area contributed by atoms with Crippen molar-refractivity contribution in [3.63, 3.8) is 0 Å². The lowest BCUT2D eigenvalue weighted by molar-refractivity contribution is 0.173. The van der Waals surface area contributed by atoms with Crippen LogP contribution in [0, 0.1) is 18.6 Å². The van der Waals surface area contributed by atoms with Gasteiger partial charge < -0.3 is 5.11 Å².